The van der Waals surface area contributed by atoms with Crippen LogP contribution in [0, 0.1) is 0 Å². The molecule has 1 aliphatic rings. The van der Waals surface area contributed by atoms with E-state index in [-0.39, 0.29) is 11.4 Å². The van der Waals surface area contributed by atoms with Crippen molar-refractivity contribution in [1.82, 2.24) is 10.2 Å². The lowest BCUT2D eigenvalue weighted by Crippen LogP contribution is -2.62. The number of benzene rings is 1. The Morgan fingerprint density at radius 1 is 1.35 bits per heavy atom. The van der Waals surface area contributed by atoms with E-state index < -0.39 is 0 Å². The number of amides is 1. The zero-order valence-electron chi connectivity index (χ0n) is 10.6. The molecule has 17 heavy (non-hydrogen) atoms. The van der Waals surface area contributed by atoms with E-state index in [9.17, 15) is 4.79 Å². The predicted octanol–water partition coefficient (Wildman–Crippen LogP) is 1.79. The molecule has 0 aromatic heterocycles. The molecule has 1 aromatic rings. The Morgan fingerprint density at radius 2 is 2.06 bits per heavy atom. The van der Waals surface area contributed by atoms with Crippen molar-refractivity contribution in [3.05, 3.63) is 35.9 Å². The van der Waals surface area contributed by atoms with Gasteiger partial charge in [0, 0.05) is 19.6 Å². The molecule has 1 heterocycles. The third-order valence-corrected chi connectivity index (χ3v) is 3.58. The minimum Gasteiger partial charge on any atom is -0.336 e. The molecule has 92 valence electrons. The van der Waals surface area contributed by atoms with E-state index in [0.717, 1.165) is 26.1 Å². The van der Waals surface area contributed by atoms with Gasteiger partial charge in [0.15, 0.2) is 0 Å². The molecular formula is C14H20N2O. The smallest absolute Gasteiger partial charge is 0.242 e. The fraction of sp³-hybridized carbons (Fsp3) is 0.500. The van der Waals surface area contributed by atoms with Gasteiger partial charge in [0.05, 0.1) is 5.54 Å². The summed E-state index contributed by atoms with van der Waals surface area (Å²) in [6.45, 7) is 6.44. The van der Waals surface area contributed by atoms with Crippen LogP contribution in [-0.4, -0.2) is 29.4 Å². The highest BCUT2D eigenvalue weighted by Gasteiger charge is 2.37. The summed E-state index contributed by atoms with van der Waals surface area (Å²) >= 11 is 0. The van der Waals surface area contributed by atoms with Crippen LogP contribution in [0.15, 0.2) is 30.3 Å². The van der Waals surface area contributed by atoms with E-state index in [2.05, 4.69) is 24.4 Å². The van der Waals surface area contributed by atoms with Crippen molar-refractivity contribution in [3.63, 3.8) is 0 Å². The van der Waals surface area contributed by atoms with Crippen LogP contribution < -0.4 is 5.32 Å². The molecule has 3 nitrogen and oxygen atoms in total. The molecule has 0 spiro atoms. The fourth-order valence-electron chi connectivity index (χ4n) is 2.22. The van der Waals surface area contributed by atoms with Crippen LogP contribution in [0.25, 0.3) is 0 Å². The lowest BCUT2D eigenvalue weighted by atomic mass is 9.94. The molecule has 0 radical (unpaired) electrons. The molecule has 1 fully saturated rings. The van der Waals surface area contributed by atoms with E-state index in [1.54, 1.807) is 0 Å². The Kier molecular flexibility index (Phi) is 3.48. The second-order valence-corrected chi connectivity index (χ2v) is 4.82. The maximum Gasteiger partial charge on any atom is 0.242 e. The van der Waals surface area contributed by atoms with Gasteiger partial charge in [-0.25, -0.2) is 0 Å². The normalized spacial score (nSPS) is 25.1. The highest BCUT2D eigenvalue weighted by atomic mass is 16.2. The minimum atomic E-state index is -0.382. The van der Waals surface area contributed by atoms with Crippen LogP contribution >= 0.6 is 0 Å². The molecule has 0 bridgehead atoms. The van der Waals surface area contributed by atoms with Gasteiger partial charge in [-0.2, -0.15) is 0 Å². The fourth-order valence-corrected chi connectivity index (χ4v) is 2.22. The van der Waals surface area contributed by atoms with Gasteiger partial charge >= 0.3 is 0 Å². The molecule has 0 aliphatic carbocycles. The standard InChI is InChI=1S/C14H20N2O/c1-3-14(2)13(17)16(10-9-15-14)11-12-7-5-4-6-8-12/h4-8,15H,3,9-11H2,1-2H3/t14-/m0/s1. The molecule has 0 saturated carbocycles. The average Bonchev–Trinajstić information content (AvgIpc) is 2.36. The zero-order chi connectivity index (χ0) is 12.3. The van der Waals surface area contributed by atoms with Gasteiger partial charge in [-0.05, 0) is 18.9 Å². The molecule has 1 aliphatic heterocycles. The minimum absolute atomic E-state index is 0.218. The summed E-state index contributed by atoms with van der Waals surface area (Å²) in [5, 5.41) is 3.32. The van der Waals surface area contributed by atoms with E-state index in [1.807, 2.05) is 30.0 Å². The molecule has 1 aromatic carbocycles. The first kappa shape index (κ1) is 12.1. The lowest BCUT2D eigenvalue weighted by Gasteiger charge is -2.40. The predicted molar refractivity (Wildman–Crippen MR) is 68.6 cm³/mol. The molecule has 1 N–H and O–H groups in total. The van der Waals surface area contributed by atoms with Crippen LogP contribution in [0.2, 0.25) is 0 Å². The van der Waals surface area contributed by atoms with Crippen LogP contribution in [0.1, 0.15) is 25.8 Å². The monoisotopic (exact) mass is 232 g/mol. The topological polar surface area (TPSA) is 32.3 Å². The zero-order valence-corrected chi connectivity index (χ0v) is 10.6. The largest absolute Gasteiger partial charge is 0.336 e. The van der Waals surface area contributed by atoms with Crippen molar-refractivity contribution in [3.8, 4) is 0 Å². The van der Waals surface area contributed by atoms with Crippen molar-refractivity contribution >= 4 is 5.91 Å². The molecule has 2 rings (SSSR count). The maximum atomic E-state index is 12.3. The van der Waals surface area contributed by atoms with Crippen LogP contribution in [0.5, 0.6) is 0 Å². The Bertz CT molecular complexity index is 390. The van der Waals surface area contributed by atoms with E-state index in [1.165, 1.54) is 5.56 Å². The van der Waals surface area contributed by atoms with Crippen molar-refractivity contribution in [1.29, 1.82) is 0 Å². The number of rotatable bonds is 3. The van der Waals surface area contributed by atoms with Crippen molar-refractivity contribution < 1.29 is 4.79 Å². The van der Waals surface area contributed by atoms with Crippen LogP contribution in [-0.2, 0) is 11.3 Å². The first-order valence-electron chi connectivity index (χ1n) is 6.24. The number of hydrogen-bond acceptors (Lipinski definition) is 2. The summed E-state index contributed by atoms with van der Waals surface area (Å²) in [5.74, 6) is 0.218. The highest BCUT2D eigenvalue weighted by Crippen LogP contribution is 2.18. The molecule has 1 atom stereocenters. The first-order valence-corrected chi connectivity index (χ1v) is 6.24. The van der Waals surface area contributed by atoms with Crippen molar-refractivity contribution in [2.24, 2.45) is 0 Å². The van der Waals surface area contributed by atoms with Gasteiger partial charge in [0.2, 0.25) is 5.91 Å². The third-order valence-electron chi connectivity index (χ3n) is 3.58. The SMILES string of the molecule is CC[C@]1(C)NCCN(Cc2ccccc2)C1=O. The number of nitrogens with one attached hydrogen (secondary N) is 1. The number of carbonyl (C=O) groups excluding carboxylic acids is 1. The first-order chi connectivity index (χ1) is 8.15. The Balaban J connectivity index is 2.09. The molecule has 3 heteroatoms. The maximum absolute atomic E-state index is 12.3. The molecule has 1 saturated heterocycles. The van der Waals surface area contributed by atoms with E-state index >= 15 is 0 Å². The van der Waals surface area contributed by atoms with Gasteiger partial charge in [0.1, 0.15) is 0 Å². The quantitative estimate of drug-likeness (QED) is 0.861. The molecule has 1 amide bonds. The van der Waals surface area contributed by atoms with Gasteiger partial charge < -0.3 is 10.2 Å². The Labute approximate surface area is 103 Å². The van der Waals surface area contributed by atoms with Crippen LogP contribution in [0.4, 0.5) is 0 Å². The summed E-state index contributed by atoms with van der Waals surface area (Å²) in [5.41, 5.74) is 0.814. The van der Waals surface area contributed by atoms with Crippen LogP contribution in [0.3, 0.4) is 0 Å². The van der Waals surface area contributed by atoms with Gasteiger partial charge in [-0.15, -0.1) is 0 Å². The van der Waals surface area contributed by atoms with Gasteiger partial charge in [0.25, 0.3) is 0 Å². The van der Waals surface area contributed by atoms with Crippen molar-refractivity contribution in [2.45, 2.75) is 32.4 Å². The third kappa shape index (κ3) is 2.50. The summed E-state index contributed by atoms with van der Waals surface area (Å²) < 4.78 is 0. The highest BCUT2D eigenvalue weighted by molar-refractivity contribution is 5.86. The molecular weight excluding hydrogens is 212 g/mol. The second kappa shape index (κ2) is 4.88. The van der Waals surface area contributed by atoms with Crippen molar-refractivity contribution in [2.75, 3.05) is 13.1 Å². The second-order valence-electron chi connectivity index (χ2n) is 4.82. The molecule has 0 unspecified atom stereocenters. The lowest BCUT2D eigenvalue weighted by molar-refractivity contribution is -0.141. The summed E-state index contributed by atoms with van der Waals surface area (Å²) in [7, 11) is 0. The average molecular weight is 232 g/mol. The number of nitrogens with zero attached hydrogens (tertiary/aromatic N) is 1. The van der Waals surface area contributed by atoms with Gasteiger partial charge in [-0.1, -0.05) is 37.3 Å². The summed E-state index contributed by atoms with van der Waals surface area (Å²) in [4.78, 5) is 14.3. The summed E-state index contributed by atoms with van der Waals surface area (Å²) in [6.07, 6.45) is 0.830. The number of piperazine rings is 1. The Morgan fingerprint density at radius 3 is 2.71 bits per heavy atom. The number of carbonyl (C=O) groups is 1. The number of hydrogen-bond donors (Lipinski definition) is 1. The van der Waals surface area contributed by atoms with Gasteiger partial charge in [-0.3, -0.25) is 4.79 Å². The van der Waals surface area contributed by atoms with E-state index in [0.29, 0.717) is 0 Å². The summed E-state index contributed by atoms with van der Waals surface area (Å²) in [6, 6.07) is 10.2. The Hall–Kier alpha value is -1.35. The van der Waals surface area contributed by atoms with E-state index in [4.69, 9.17) is 0 Å².